The number of nitrogens with zero attached hydrogens (tertiary/aromatic N) is 1. The lowest BCUT2D eigenvalue weighted by molar-refractivity contribution is 0.200. The van der Waals surface area contributed by atoms with Gasteiger partial charge >= 0.3 is 7.05 Å². The van der Waals surface area contributed by atoms with Crippen molar-refractivity contribution in [3.8, 4) is 0 Å². The molecule has 2 aromatic rings. The number of benzene rings is 2. The summed E-state index contributed by atoms with van der Waals surface area (Å²) in [6, 6.07) is 11.7. The van der Waals surface area contributed by atoms with Gasteiger partial charge in [-0.15, -0.1) is 0 Å². The van der Waals surface area contributed by atoms with Crippen LogP contribution in [-0.4, -0.2) is 34.6 Å². The van der Waals surface area contributed by atoms with Gasteiger partial charge in [-0.25, -0.2) is 8.78 Å². The molecule has 0 amide bonds. The minimum atomic E-state index is -0.863. The fraction of sp³-hybridized carbons (Fsp3) is 0.222. The number of rotatable bonds is 4. The predicted octanol–water partition coefficient (Wildman–Crippen LogP) is 2.88. The van der Waals surface area contributed by atoms with Crippen LogP contribution >= 0.6 is 0 Å². The minimum Gasteiger partial charge on any atom is -0.437 e. The van der Waals surface area contributed by atoms with Crippen molar-refractivity contribution in [2.45, 2.75) is 18.9 Å². The Morgan fingerprint density at radius 2 is 1.83 bits per heavy atom. The molecule has 1 heterocycles. The van der Waals surface area contributed by atoms with Crippen molar-refractivity contribution in [1.82, 2.24) is 4.81 Å². The van der Waals surface area contributed by atoms with E-state index in [-0.39, 0.29) is 18.2 Å². The highest BCUT2D eigenvalue weighted by Gasteiger charge is 2.40. The summed E-state index contributed by atoms with van der Waals surface area (Å²) in [6.07, 6.45) is 1.78. The molecule has 124 valence electrons. The highest BCUT2D eigenvalue weighted by molar-refractivity contribution is 6.46. The largest absolute Gasteiger partial charge is 0.437 e. The first kappa shape index (κ1) is 16.8. The summed E-state index contributed by atoms with van der Waals surface area (Å²) in [4.78, 5) is 1.69. The Morgan fingerprint density at radius 1 is 1.12 bits per heavy atom. The molecule has 2 N–H and O–H groups in total. The van der Waals surface area contributed by atoms with Gasteiger partial charge in [-0.2, -0.15) is 0 Å². The molecule has 2 aromatic carbocycles. The summed E-state index contributed by atoms with van der Waals surface area (Å²) in [6.45, 7) is 1.29. The topological polar surface area (TPSA) is 43.7 Å². The van der Waals surface area contributed by atoms with Crippen molar-refractivity contribution < 1.29 is 18.9 Å². The average Bonchev–Trinajstić information content (AvgIpc) is 2.97. The molecule has 6 heteroatoms. The molecule has 2 atom stereocenters. The molecule has 2 unspecified atom stereocenters. The van der Waals surface area contributed by atoms with Crippen LogP contribution in [0, 0.1) is 11.6 Å². The first-order valence-electron chi connectivity index (χ1n) is 7.81. The van der Waals surface area contributed by atoms with E-state index < -0.39 is 24.7 Å². The molecule has 3 rings (SSSR count). The fourth-order valence-corrected chi connectivity index (χ4v) is 3.31. The SMILES string of the molecule is CB(O)N1C(CO)C(c2cc(F)ccc2F)=CC1c1ccccc1. The molecule has 0 radical (unpaired) electrons. The molecule has 24 heavy (non-hydrogen) atoms. The quantitative estimate of drug-likeness (QED) is 0.848. The Morgan fingerprint density at radius 3 is 2.46 bits per heavy atom. The van der Waals surface area contributed by atoms with E-state index in [0.717, 1.165) is 23.8 Å². The van der Waals surface area contributed by atoms with Crippen LogP contribution in [0.1, 0.15) is 17.2 Å². The summed E-state index contributed by atoms with van der Waals surface area (Å²) < 4.78 is 27.8. The Kier molecular flexibility index (Phi) is 4.80. The lowest BCUT2D eigenvalue weighted by Gasteiger charge is -2.32. The summed E-state index contributed by atoms with van der Waals surface area (Å²) in [5.74, 6) is -1.10. The second-order valence-electron chi connectivity index (χ2n) is 5.88. The van der Waals surface area contributed by atoms with Gasteiger partial charge < -0.3 is 10.1 Å². The maximum atomic E-state index is 14.2. The number of halogens is 2. The van der Waals surface area contributed by atoms with E-state index in [9.17, 15) is 18.9 Å². The third-order valence-electron chi connectivity index (χ3n) is 4.36. The first-order chi connectivity index (χ1) is 11.5. The third-order valence-corrected chi connectivity index (χ3v) is 4.36. The van der Waals surface area contributed by atoms with Crippen molar-refractivity contribution in [3.63, 3.8) is 0 Å². The molecule has 0 bridgehead atoms. The minimum absolute atomic E-state index is 0.109. The smallest absolute Gasteiger partial charge is 0.377 e. The number of aliphatic hydroxyl groups excluding tert-OH is 1. The predicted molar refractivity (Wildman–Crippen MR) is 90.1 cm³/mol. The second-order valence-corrected chi connectivity index (χ2v) is 5.88. The van der Waals surface area contributed by atoms with Gasteiger partial charge in [-0.3, -0.25) is 4.81 Å². The standard InChI is InChI=1S/C18H18BF2NO2/c1-19(24)22-17(12-5-3-2-4-6-12)10-15(18(22)11-23)14-9-13(20)7-8-16(14)21/h2-10,17-18,23-24H,11H2,1H3. The maximum absolute atomic E-state index is 14.2. The maximum Gasteiger partial charge on any atom is 0.377 e. The lowest BCUT2D eigenvalue weighted by Crippen LogP contribution is -2.45. The summed E-state index contributed by atoms with van der Waals surface area (Å²) >= 11 is 0. The van der Waals surface area contributed by atoms with E-state index >= 15 is 0 Å². The Balaban J connectivity index is 2.12. The fourth-order valence-electron chi connectivity index (χ4n) is 3.31. The first-order valence-corrected chi connectivity index (χ1v) is 7.81. The molecule has 0 saturated heterocycles. The molecular formula is C18H18BF2NO2. The molecule has 0 saturated carbocycles. The Hall–Kier alpha value is -2.02. The van der Waals surface area contributed by atoms with Gasteiger partial charge in [0.05, 0.1) is 12.6 Å². The number of hydrogen-bond acceptors (Lipinski definition) is 3. The van der Waals surface area contributed by atoms with E-state index in [0.29, 0.717) is 5.57 Å². The molecule has 0 spiro atoms. The van der Waals surface area contributed by atoms with E-state index in [4.69, 9.17) is 0 Å². The van der Waals surface area contributed by atoms with Gasteiger partial charge in [0.1, 0.15) is 11.6 Å². The van der Waals surface area contributed by atoms with Crippen LogP contribution < -0.4 is 0 Å². The molecule has 3 nitrogen and oxygen atoms in total. The van der Waals surface area contributed by atoms with Gasteiger partial charge in [-0.05, 0) is 36.2 Å². The van der Waals surface area contributed by atoms with Crippen molar-refractivity contribution in [2.75, 3.05) is 6.61 Å². The van der Waals surface area contributed by atoms with Crippen LogP contribution in [0.3, 0.4) is 0 Å². The van der Waals surface area contributed by atoms with Crippen molar-refractivity contribution in [3.05, 3.63) is 77.4 Å². The van der Waals surface area contributed by atoms with E-state index in [2.05, 4.69) is 0 Å². The molecule has 0 aromatic heterocycles. The third kappa shape index (κ3) is 3.00. The van der Waals surface area contributed by atoms with E-state index in [1.807, 2.05) is 30.3 Å². The molecule has 0 fully saturated rings. The lowest BCUT2D eigenvalue weighted by atomic mass is 9.81. The average molecular weight is 329 g/mol. The van der Waals surface area contributed by atoms with Crippen molar-refractivity contribution >= 4 is 12.6 Å². The van der Waals surface area contributed by atoms with E-state index in [1.165, 1.54) is 0 Å². The zero-order valence-corrected chi connectivity index (χ0v) is 13.2. The summed E-state index contributed by atoms with van der Waals surface area (Å²) in [5.41, 5.74) is 1.49. The summed E-state index contributed by atoms with van der Waals surface area (Å²) in [7, 11) is -0.863. The zero-order valence-electron chi connectivity index (χ0n) is 13.2. The normalized spacial score (nSPS) is 21.0. The number of aliphatic hydroxyl groups is 1. The molecule has 1 aliphatic heterocycles. The van der Waals surface area contributed by atoms with Crippen LogP contribution in [0.15, 0.2) is 54.6 Å². The van der Waals surface area contributed by atoms with Gasteiger partial charge in [0, 0.05) is 11.6 Å². The van der Waals surface area contributed by atoms with Gasteiger partial charge in [-0.1, -0.05) is 36.4 Å². The Labute approximate surface area is 140 Å². The van der Waals surface area contributed by atoms with Gasteiger partial charge in [0.15, 0.2) is 0 Å². The highest BCUT2D eigenvalue weighted by atomic mass is 19.1. The van der Waals surface area contributed by atoms with Crippen LogP contribution in [0.5, 0.6) is 0 Å². The second kappa shape index (κ2) is 6.85. The highest BCUT2D eigenvalue weighted by Crippen LogP contribution is 2.40. The van der Waals surface area contributed by atoms with Crippen LogP contribution in [0.25, 0.3) is 5.57 Å². The van der Waals surface area contributed by atoms with Crippen LogP contribution in [0.4, 0.5) is 8.78 Å². The van der Waals surface area contributed by atoms with Crippen LogP contribution in [0.2, 0.25) is 6.82 Å². The van der Waals surface area contributed by atoms with Crippen LogP contribution in [-0.2, 0) is 0 Å². The molecular weight excluding hydrogens is 311 g/mol. The van der Waals surface area contributed by atoms with Gasteiger partial charge in [0.25, 0.3) is 0 Å². The monoisotopic (exact) mass is 329 g/mol. The zero-order chi connectivity index (χ0) is 17.3. The van der Waals surface area contributed by atoms with Crippen molar-refractivity contribution in [1.29, 1.82) is 0 Å². The van der Waals surface area contributed by atoms with Gasteiger partial charge in [0.2, 0.25) is 0 Å². The van der Waals surface area contributed by atoms with E-state index in [1.54, 1.807) is 17.7 Å². The Bertz CT molecular complexity index is 752. The molecule has 1 aliphatic rings. The number of hydrogen-bond donors (Lipinski definition) is 2. The van der Waals surface area contributed by atoms with Crippen molar-refractivity contribution in [2.24, 2.45) is 0 Å². The summed E-state index contributed by atoms with van der Waals surface area (Å²) in [5, 5.41) is 20.0. The molecule has 0 aliphatic carbocycles.